The molecule has 2 aromatic carbocycles. The van der Waals surface area contributed by atoms with Crippen molar-refractivity contribution in [2.75, 3.05) is 0 Å². The summed E-state index contributed by atoms with van der Waals surface area (Å²) >= 11 is 6.03. The lowest BCUT2D eigenvalue weighted by Crippen LogP contribution is -2.36. The van der Waals surface area contributed by atoms with Crippen LogP contribution in [0.4, 0.5) is 0 Å². The van der Waals surface area contributed by atoms with Crippen molar-refractivity contribution in [3.05, 3.63) is 70.2 Å². The molecular weight excluding hydrogens is 282 g/mol. The molecule has 110 valence electrons. The van der Waals surface area contributed by atoms with Crippen LogP contribution in [0.25, 0.3) is 0 Å². The summed E-state index contributed by atoms with van der Waals surface area (Å²) < 4.78 is 0. The fraction of sp³-hybridized carbons (Fsp3) is 0.278. The summed E-state index contributed by atoms with van der Waals surface area (Å²) in [4.78, 5) is 14.7. The van der Waals surface area contributed by atoms with E-state index in [4.69, 9.17) is 11.6 Å². The highest BCUT2D eigenvalue weighted by molar-refractivity contribution is 6.31. The summed E-state index contributed by atoms with van der Waals surface area (Å²) in [5.41, 5.74) is 2.74. The zero-order chi connectivity index (χ0) is 15.4. The lowest BCUT2D eigenvalue weighted by Gasteiger charge is -2.27. The SMILES string of the molecule is Cc1ccc(Cl)cc1C(=O)N(Cc1ccccc1)C(C)C. The second kappa shape index (κ2) is 6.77. The van der Waals surface area contributed by atoms with Gasteiger partial charge in [0.1, 0.15) is 0 Å². The highest BCUT2D eigenvalue weighted by Gasteiger charge is 2.20. The van der Waals surface area contributed by atoms with Gasteiger partial charge in [0, 0.05) is 23.2 Å². The van der Waals surface area contributed by atoms with Gasteiger partial charge in [0.15, 0.2) is 0 Å². The number of benzene rings is 2. The van der Waals surface area contributed by atoms with Crippen LogP contribution in [0.15, 0.2) is 48.5 Å². The molecule has 0 unspecified atom stereocenters. The van der Waals surface area contributed by atoms with Gasteiger partial charge in [-0.1, -0.05) is 48.0 Å². The topological polar surface area (TPSA) is 20.3 Å². The number of hydrogen-bond donors (Lipinski definition) is 0. The number of nitrogens with zero attached hydrogens (tertiary/aromatic N) is 1. The largest absolute Gasteiger partial charge is 0.332 e. The van der Waals surface area contributed by atoms with Crippen molar-refractivity contribution in [3.8, 4) is 0 Å². The molecule has 3 heteroatoms. The summed E-state index contributed by atoms with van der Waals surface area (Å²) in [6.45, 7) is 6.59. The molecule has 0 fully saturated rings. The van der Waals surface area contributed by atoms with Gasteiger partial charge in [-0.3, -0.25) is 4.79 Å². The minimum atomic E-state index is 0.0221. The van der Waals surface area contributed by atoms with Crippen LogP contribution in [0, 0.1) is 6.92 Å². The third-order valence-corrected chi connectivity index (χ3v) is 3.75. The van der Waals surface area contributed by atoms with Crippen LogP contribution in [0.1, 0.15) is 35.3 Å². The van der Waals surface area contributed by atoms with Crippen LogP contribution >= 0.6 is 11.6 Å². The van der Waals surface area contributed by atoms with Gasteiger partial charge in [-0.25, -0.2) is 0 Å². The molecule has 0 aliphatic carbocycles. The quantitative estimate of drug-likeness (QED) is 0.801. The van der Waals surface area contributed by atoms with Gasteiger partial charge in [-0.2, -0.15) is 0 Å². The number of halogens is 1. The number of amides is 1. The second-order valence-electron chi connectivity index (χ2n) is 5.47. The highest BCUT2D eigenvalue weighted by atomic mass is 35.5. The Labute approximate surface area is 131 Å². The van der Waals surface area contributed by atoms with Gasteiger partial charge in [0.25, 0.3) is 5.91 Å². The van der Waals surface area contributed by atoms with Gasteiger partial charge in [0.05, 0.1) is 0 Å². The summed E-state index contributed by atoms with van der Waals surface area (Å²) in [6.07, 6.45) is 0. The third kappa shape index (κ3) is 3.85. The van der Waals surface area contributed by atoms with E-state index in [1.807, 2.05) is 68.1 Å². The zero-order valence-electron chi connectivity index (χ0n) is 12.6. The first-order chi connectivity index (χ1) is 9.99. The van der Waals surface area contributed by atoms with E-state index in [0.717, 1.165) is 11.1 Å². The Kier molecular flexibility index (Phi) is 5.03. The van der Waals surface area contributed by atoms with Crippen LogP contribution in [-0.2, 0) is 6.54 Å². The maximum Gasteiger partial charge on any atom is 0.254 e. The van der Waals surface area contributed by atoms with E-state index < -0.39 is 0 Å². The van der Waals surface area contributed by atoms with Crippen molar-refractivity contribution < 1.29 is 4.79 Å². The van der Waals surface area contributed by atoms with E-state index in [1.165, 1.54) is 0 Å². The summed E-state index contributed by atoms with van der Waals surface area (Å²) in [6, 6.07) is 15.6. The molecule has 2 aromatic rings. The normalized spacial score (nSPS) is 10.7. The predicted octanol–water partition coefficient (Wildman–Crippen LogP) is 4.70. The Morgan fingerprint density at radius 2 is 1.81 bits per heavy atom. The molecule has 21 heavy (non-hydrogen) atoms. The van der Waals surface area contributed by atoms with Crippen molar-refractivity contribution in [2.24, 2.45) is 0 Å². The van der Waals surface area contributed by atoms with Gasteiger partial charge < -0.3 is 4.90 Å². The van der Waals surface area contributed by atoms with Crippen LogP contribution in [0.5, 0.6) is 0 Å². The Bertz CT molecular complexity index is 622. The van der Waals surface area contributed by atoms with Crippen molar-refractivity contribution in [1.82, 2.24) is 4.90 Å². The first-order valence-corrected chi connectivity index (χ1v) is 7.48. The van der Waals surface area contributed by atoms with E-state index in [2.05, 4.69) is 0 Å². The first-order valence-electron chi connectivity index (χ1n) is 7.10. The average molecular weight is 302 g/mol. The summed E-state index contributed by atoms with van der Waals surface area (Å²) in [5, 5.41) is 0.590. The van der Waals surface area contributed by atoms with Crippen molar-refractivity contribution in [1.29, 1.82) is 0 Å². The number of hydrogen-bond acceptors (Lipinski definition) is 1. The molecular formula is C18H20ClNO. The third-order valence-electron chi connectivity index (χ3n) is 3.51. The van der Waals surface area contributed by atoms with E-state index in [-0.39, 0.29) is 11.9 Å². The van der Waals surface area contributed by atoms with Gasteiger partial charge in [-0.05, 0) is 44.0 Å². The van der Waals surface area contributed by atoms with Gasteiger partial charge in [-0.15, -0.1) is 0 Å². The van der Waals surface area contributed by atoms with Gasteiger partial charge >= 0.3 is 0 Å². The molecule has 0 aliphatic rings. The number of carbonyl (C=O) groups is 1. The van der Waals surface area contributed by atoms with Crippen LogP contribution in [0.2, 0.25) is 5.02 Å². The number of carbonyl (C=O) groups excluding carboxylic acids is 1. The molecule has 0 atom stereocenters. The Hall–Kier alpha value is -1.80. The highest BCUT2D eigenvalue weighted by Crippen LogP contribution is 2.20. The molecule has 0 N–H and O–H groups in total. The summed E-state index contributed by atoms with van der Waals surface area (Å²) in [5.74, 6) is 0.0221. The summed E-state index contributed by atoms with van der Waals surface area (Å²) in [7, 11) is 0. The molecule has 0 saturated heterocycles. The lowest BCUT2D eigenvalue weighted by molar-refractivity contribution is 0.0689. The Morgan fingerprint density at radius 1 is 1.14 bits per heavy atom. The van der Waals surface area contributed by atoms with Gasteiger partial charge in [0.2, 0.25) is 0 Å². The molecule has 0 saturated carbocycles. The number of aryl methyl sites for hydroxylation is 1. The van der Waals surface area contributed by atoms with Crippen molar-refractivity contribution >= 4 is 17.5 Å². The smallest absolute Gasteiger partial charge is 0.254 e. The first kappa shape index (κ1) is 15.6. The van der Waals surface area contributed by atoms with Crippen molar-refractivity contribution in [3.63, 3.8) is 0 Å². The molecule has 2 rings (SSSR count). The maximum atomic E-state index is 12.8. The van der Waals surface area contributed by atoms with E-state index >= 15 is 0 Å². The molecule has 1 amide bonds. The zero-order valence-corrected chi connectivity index (χ0v) is 13.4. The van der Waals surface area contributed by atoms with Crippen LogP contribution in [-0.4, -0.2) is 16.8 Å². The molecule has 0 heterocycles. The fourth-order valence-corrected chi connectivity index (χ4v) is 2.42. The molecule has 0 aliphatic heterocycles. The average Bonchev–Trinajstić information content (AvgIpc) is 2.47. The maximum absolute atomic E-state index is 12.8. The van der Waals surface area contributed by atoms with Crippen LogP contribution < -0.4 is 0 Å². The molecule has 0 bridgehead atoms. The molecule has 2 nitrogen and oxygen atoms in total. The van der Waals surface area contributed by atoms with Crippen molar-refractivity contribution in [2.45, 2.75) is 33.4 Å². The molecule has 0 radical (unpaired) electrons. The standard InChI is InChI=1S/C18H20ClNO/c1-13(2)20(12-15-7-5-4-6-8-15)18(21)17-11-16(19)10-9-14(17)3/h4-11,13H,12H2,1-3H3. The number of rotatable bonds is 4. The molecule has 0 aromatic heterocycles. The van der Waals surface area contributed by atoms with E-state index in [1.54, 1.807) is 6.07 Å². The van der Waals surface area contributed by atoms with Crippen LogP contribution in [0.3, 0.4) is 0 Å². The molecule has 0 spiro atoms. The second-order valence-corrected chi connectivity index (χ2v) is 5.91. The monoisotopic (exact) mass is 301 g/mol. The van der Waals surface area contributed by atoms with E-state index in [9.17, 15) is 4.79 Å². The lowest BCUT2D eigenvalue weighted by atomic mass is 10.1. The Balaban J connectivity index is 2.30. The minimum Gasteiger partial charge on any atom is -0.332 e. The predicted molar refractivity (Wildman–Crippen MR) is 87.6 cm³/mol. The van der Waals surface area contributed by atoms with E-state index in [0.29, 0.717) is 17.1 Å². The fourth-order valence-electron chi connectivity index (χ4n) is 2.25. The minimum absolute atomic E-state index is 0.0221. The Morgan fingerprint density at radius 3 is 2.43 bits per heavy atom.